The van der Waals surface area contributed by atoms with Crippen molar-refractivity contribution in [3.63, 3.8) is 0 Å². The van der Waals surface area contributed by atoms with Crippen molar-refractivity contribution in [1.29, 1.82) is 0 Å². The van der Waals surface area contributed by atoms with Crippen LogP contribution in [-0.4, -0.2) is 44.9 Å². The zero-order valence-corrected chi connectivity index (χ0v) is 15.2. The molecule has 1 atom stereocenters. The molecule has 0 N–H and O–H groups in total. The van der Waals surface area contributed by atoms with E-state index in [0.717, 1.165) is 4.47 Å². The zero-order chi connectivity index (χ0) is 14.6. The average Bonchev–Trinajstić information content (AvgIpc) is 2.28. The summed E-state index contributed by atoms with van der Waals surface area (Å²) in [5.74, 6) is 0. The minimum Gasteiger partial charge on any atom is -0.383 e. The van der Waals surface area contributed by atoms with E-state index in [2.05, 4.69) is 31.9 Å². The highest BCUT2D eigenvalue weighted by Gasteiger charge is 2.25. The molecule has 108 valence electrons. The average molecular weight is 436 g/mol. The second-order valence-corrected chi connectivity index (χ2v) is 8.54. The van der Waals surface area contributed by atoms with Crippen LogP contribution >= 0.6 is 43.5 Å². The molecule has 0 saturated carbocycles. The number of sulfonamides is 1. The fourth-order valence-electron chi connectivity index (χ4n) is 1.46. The Morgan fingerprint density at radius 2 is 2.11 bits per heavy atom. The van der Waals surface area contributed by atoms with Crippen LogP contribution in [0, 0.1) is 0 Å². The Morgan fingerprint density at radius 1 is 1.47 bits per heavy atom. The van der Waals surface area contributed by atoms with Gasteiger partial charge in [0.2, 0.25) is 10.0 Å². The van der Waals surface area contributed by atoms with Crippen molar-refractivity contribution in [2.75, 3.05) is 27.3 Å². The van der Waals surface area contributed by atoms with Crippen LogP contribution in [-0.2, 0) is 14.8 Å². The van der Waals surface area contributed by atoms with Crippen molar-refractivity contribution in [2.24, 2.45) is 0 Å². The molecule has 1 rings (SSSR count). The first-order valence-electron chi connectivity index (χ1n) is 5.33. The van der Waals surface area contributed by atoms with E-state index in [1.807, 2.05) is 0 Å². The molecular formula is C11H14Br2ClNO3S. The van der Waals surface area contributed by atoms with Gasteiger partial charge in [-0.2, -0.15) is 4.31 Å². The number of alkyl halides is 1. The highest BCUT2D eigenvalue weighted by atomic mass is 79.9. The topological polar surface area (TPSA) is 46.6 Å². The molecule has 0 fully saturated rings. The molecule has 0 saturated heterocycles. The van der Waals surface area contributed by atoms with E-state index in [1.54, 1.807) is 19.2 Å². The van der Waals surface area contributed by atoms with Gasteiger partial charge in [0.05, 0.1) is 16.5 Å². The Labute approximate surface area is 135 Å². The first-order valence-corrected chi connectivity index (χ1v) is 8.86. The maximum atomic E-state index is 12.4. The Kier molecular flexibility index (Phi) is 6.75. The van der Waals surface area contributed by atoms with Crippen LogP contribution in [0.3, 0.4) is 0 Å². The van der Waals surface area contributed by atoms with Gasteiger partial charge in [-0.1, -0.05) is 43.5 Å². The van der Waals surface area contributed by atoms with Crippen molar-refractivity contribution < 1.29 is 13.2 Å². The van der Waals surface area contributed by atoms with Gasteiger partial charge in [0.15, 0.2) is 0 Å². The summed E-state index contributed by atoms with van der Waals surface area (Å²) in [5.41, 5.74) is 0. The number of methoxy groups -OCH3 is 1. The molecule has 0 spiro atoms. The molecule has 1 aromatic carbocycles. The van der Waals surface area contributed by atoms with E-state index >= 15 is 0 Å². The van der Waals surface area contributed by atoms with Crippen LogP contribution in [0.15, 0.2) is 27.6 Å². The summed E-state index contributed by atoms with van der Waals surface area (Å²) in [6.45, 7) is 0.719. The molecule has 0 aliphatic carbocycles. The number of ether oxygens (including phenoxy) is 1. The zero-order valence-electron chi connectivity index (χ0n) is 10.4. The SMILES string of the molecule is COCC(Br)CN(C)S(=O)(=O)c1ccc(Br)cc1Cl. The van der Waals surface area contributed by atoms with Crippen molar-refractivity contribution in [2.45, 2.75) is 9.72 Å². The maximum absolute atomic E-state index is 12.4. The first-order chi connectivity index (χ1) is 8.78. The molecule has 19 heavy (non-hydrogen) atoms. The van der Waals surface area contributed by atoms with Gasteiger partial charge in [0.25, 0.3) is 0 Å². The van der Waals surface area contributed by atoms with Gasteiger partial charge in [-0.15, -0.1) is 0 Å². The number of hydrogen-bond donors (Lipinski definition) is 0. The van der Waals surface area contributed by atoms with Crippen LogP contribution in [0.25, 0.3) is 0 Å². The second-order valence-electron chi connectivity index (χ2n) is 3.91. The molecule has 0 heterocycles. The Hall–Kier alpha value is 0.340. The summed E-state index contributed by atoms with van der Waals surface area (Å²) in [6, 6.07) is 4.69. The lowest BCUT2D eigenvalue weighted by atomic mass is 10.4. The molecule has 1 unspecified atom stereocenters. The van der Waals surface area contributed by atoms with E-state index < -0.39 is 10.0 Å². The van der Waals surface area contributed by atoms with E-state index in [1.165, 1.54) is 17.4 Å². The highest BCUT2D eigenvalue weighted by molar-refractivity contribution is 9.10. The molecule has 8 heteroatoms. The lowest BCUT2D eigenvalue weighted by Gasteiger charge is -2.20. The number of nitrogens with zero attached hydrogens (tertiary/aromatic N) is 1. The fraction of sp³-hybridized carbons (Fsp3) is 0.455. The number of halogens is 3. The van der Waals surface area contributed by atoms with E-state index in [0.29, 0.717) is 13.2 Å². The van der Waals surface area contributed by atoms with Crippen LogP contribution in [0.1, 0.15) is 0 Å². The van der Waals surface area contributed by atoms with Crippen molar-refractivity contribution in [1.82, 2.24) is 4.31 Å². The number of hydrogen-bond acceptors (Lipinski definition) is 3. The van der Waals surface area contributed by atoms with E-state index in [4.69, 9.17) is 16.3 Å². The van der Waals surface area contributed by atoms with Gasteiger partial charge in [-0.3, -0.25) is 0 Å². The van der Waals surface area contributed by atoms with Gasteiger partial charge in [-0.25, -0.2) is 8.42 Å². The Balaban J connectivity index is 2.97. The lowest BCUT2D eigenvalue weighted by molar-refractivity contribution is 0.195. The molecule has 1 aromatic rings. The maximum Gasteiger partial charge on any atom is 0.244 e. The van der Waals surface area contributed by atoms with Crippen LogP contribution < -0.4 is 0 Å². The van der Waals surface area contributed by atoms with Gasteiger partial charge >= 0.3 is 0 Å². The number of benzene rings is 1. The smallest absolute Gasteiger partial charge is 0.244 e. The lowest BCUT2D eigenvalue weighted by Crippen LogP contribution is -2.33. The minimum atomic E-state index is -3.60. The molecule has 0 aliphatic rings. The summed E-state index contributed by atoms with van der Waals surface area (Å²) in [4.78, 5) is 0.0171. The van der Waals surface area contributed by atoms with Gasteiger partial charge in [0, 0.05) is 25.2 Å². The van der Waals surface area contributed by atoms with Crippen molar-refractivity contribution in [3.05, 3.63) is 27.7 Å². The largest absolute Gasteiger partial charge is 0.383 e. The van der Waals surface area contributed by atoms with E-state index in [9.17, 15) is 8.42 Å². The van der Waals surface area contributed by atoms with Crippen LogP contribution in [0.5, 0.6) is 0 Å². The molecule has 0 radical (unpaired) electrons. The van der Waals surface area contributed by atoms with Crippen LogP contribution in [0.4, 0.5) is 0 Å². The molecule has 0 aliphatic heterocycles. The molecular weight excluding hydrogens is 421 g/mol. The number of rotatable bonds is 6. The van der Waals surface area contributed by atoms with Gasteiger partial charge in [0.1, 0.15) is 4.90 Å². The third-order valence-corrected chi connectivity index (χ3v) is 5.74. The van der Waals surface area contributed by atoms with Crippen molar-refractivity contribution >= 4 is 53.5 Å². The second kappa shape index (κ2) is 7.38. The standard InChI is InChI=1S/C11H14Br2ClNO3S/c1-15(6-9(13)7-18-2)19(16,17)11-4-3-8(12)5-10(11)14/h3-5,9H,6-7H2,1-2H3. The predicted molar refractivity (Wildman–Crippen MR) is 83.6 cm³/mol. The molecule has 0 amide bonds. The van der Waals surface area contributed by atoms with Gasteiger partial charge in [-0.05, 0) is 18.2 Å². The normalized spacial score (nSPS) is 13.8. The predicted octanol–water partition coefficient (Wildman–Crippen LogP) is 3.13. The first kappa shape index (κ1) is 17.4. The Bertz CT molecular complexity index is 539. The Morgan fingerprint density at radius 3 is 2.63 bits per heavy atom. The molecule has 0 aromatic heterocycles. The van der Waals surface area contributed by atoms with E-state index in [-0.39, 0.29) is 14.7 Å². The van der Waals surface area contributed by atoms with Gasteiger partial charge < -0.3 is 4.74 Å². The third kappa shape index (κ3) is 4.68. The third-order valence-electron chi connectivity index (χ3n) is 2.38. The summed E-state index contributed by atoms with van der Waals surface area (Å²) >= 11 is 12.6. The summed E-state index contributed by atoms with van der Waals surface area (Å²) in [6.07, 6.45) is 0. The van der Waals surface area contributed by atoms with Crippen molar-refractivity contribution in [3.8, 4) is 0 Å². The fourth-order valence-corrected chi connectivity index (χ4v) is 4.58. The summed E-state index contributed by atoms with van der Waals surface area (Å²) in [5, 5.41) is 0.194. The van der Waals surface area contributed by atoms with Crippen LogP contribution in [0.2, 0.25) is 5.02 Å². The summed E-state index contributed by atoms with van der Waals surface area (Å²) < 4.78 is 31.7. The monoisotopic (exact) mass is 433 g/mol. The molecule has 4 nitrogen and oxygen atoms in total. The summed E-state index contributed by atoms with van der Waals surface area (Å²) in [7, 11) is -0.529. The minimum absolute atomic E-state index is 0.0773. The molecule has 0 bridgehead atoms. The quantitative estimate of drug-likeness (QED) is 0.645. The highest BCUT2D eigenvalue weighted by Crippen LogP contribution is 2.27.